The first-order valence-corrected chi connectivity index (χ1v) is 9.19. The van der Waals surface area contributed by atoms with Gasteiger partial charge in [0.05, 0.1) is 37.2 Å². The minimum absolute atomic E-state index is 0.0234. The summed E-state index contributed by atoms with van der Waals surface area (Å²) in [6.45, 7) is 4.15. The molecule has 2 fully saturated rings. The Morgan fingerprint density at radius 3 is 3.12 bits per heavy atom. The Hall–Kier alpha value is -2.34. The summed E-state index contributed by atoms with van der Waals surface area (Å²) in [4.78, 5) is 19.0. The number of nitrogens with zero attached hydrogens (tertiary/aromatic N) is 2. The van der Waals surface area contributed by atoms with E-state index >= 15 is 0 Å². The number of ether oxygens (including phenoxy) is 2. The van der Waals surface area contributed by atoms with E-state index in [1.807, 2.05) is 30.0 Å². The van der Waals surface area contributed by atoms with E-state index in [0.717, 1.165) is 19.3 Å². The Kier molecular flexibility index (Phi) is 4.68. The highest BCUT2D eigenvalue weighted by molar-refractivity contribution is 5.95. The Bertz CT molecular complexity index is 760. The van der Waals surface area contributed by atoms with Gasteiger partial charge in [0, 0.05) is 24.7 Å². The van der Waals surface area contributed by atoms with Crippen LogP contribution >= 0.6 is 0 Å². The Labute approximate surface area is 153 Å². The standard InChI is InChI=1S/C20H24N2O4/c1-15-17(7-11-24-15)19(23)22-10-12-26-20(14-22)8-4-5-16(20)13-25-18-6-2-3-9-21-18/h2-3,6-7,9,11,16H,4-5,8,10,12-14H2,1H3/t16-,20+/m0/s1. The molecule has 1 spiro atoms. The highest BCUT2D eigenvalue weighted by Gasteiger charge is 2.48. The highest BCUT2D eigenvalue weighted by atomic mass is 16.5. The fraction of sp³-hybridized carbons (Fsp3) is 0.500. The number of aryl methyl sites for hydroxylation is 1. The van der Waals surface area contributed by atoms with Crippen molar-refractivity contribution in [1.29, 1.82) is 0 Å². The van der Waals surface area contributed by atoms with E-state index in [1.165, 1.54) is 0 Å². The van der Waals surface area contributed by atoms with Crippen LogP contribution in [0.5, 0.6) is 5.88 Å². The van der Waals surface area contributed by atoms with Gasteiger partial charge in [0.2, 0.25) is 5.88 Å². The lowest BCUT2D eigenvalue weighted by Gasteiger charge is -2.44. The summed E-state index contributed by atoms with van der Waals surface area (Å²) >= 11 is 0. The zero-order valence-electron chi connectivity index (χ0n) is 15.0. The molecule has 0 unspecified atom stereocenters. The van der Waals surface area contributed by atoms with Crippen LogP contribution in [0.15, 0.2) is 41.1 Å². The zero-order valence-corrected chi connectivity index (χ0v) is 15.0. The fourth-order valence-electron chi connectivity index (χ4n) is 4.12. The number of carbonyl (C=O) groups is 1. The predicted molar refractivity (Wildman–Crippen MR) is 95.1 cm³/mol. The van der Waals surface area contributed by atoms with Crippen LogP contribution in [0.4, 0.5) is 0 Å². The van der Waals surface area contributed by atoms with Gasteiger partial charge in [-0.05, 0) is 38.3 Å². The molecule has 0 N–H and O–H groups in total. The number of furan rings is 1. The minimum Gasteiger partial charge on any atom is -0.477 e. The van der Waals surface area contributed by atoms with Gasteiger partial charge < -0.3 is 18.8 Å². The van der Waals surface area contributed by atoms with Gasteiger partial charge in [-0.25, -0.2) is 4.98 Å². The van der Waals surface area contributed by atoms with Crippen LogP contribution in [0.25, 0.3) is 0 Å². The molecule has 4 rings (SSSR count). The molecule has 1 saturated heterocycles. The number of hydrogen-bond acceptors (Lipinski definition) is 5. The molecular formula is C20H24N2O4. The summed E-state index contributed by atoms with van der Waals surface area (Å²) in [5, 5.41) is 0. The predicted octanol–water partition coefficient (Wildman–Crippen LogP) is 3.07. The van der Waals surface area contributed by atoms with Crippen molar-refractivity contribution in [3.8, 4) is 5.88 Å². The molecule has 2 aromatic heterocycles. The molecule has 138 valence electrons. The second kappa shape index (κ2) is 7.11. The van der Waals surface area contributed by atoms with Crippen LogP contribution in [0.1, 0.15) is 35.4 Å². The topological polar surface area (TPSA) is 64.8 Å². The lowest BCUT2D eigenvalue weighted by Crippen LogP contribution is -2.56. The monoisotopic (exact) mass is 356 g/mol. The van der Waals surface area contributed by atoms with Crippen molar-refractivity contribution in [2.45, 2.75) is 31.8 Å². The number of morpholine rings is 1. The molecule has 2 atom stereocenters. The molecule has 0 aromatic carbocycles. The number of amides is 1. The van der Waals surface area contributed by atoms with Gasteiger partial charge in [0.25, 0.3) is 5.91 Å². The van der Waals surface area contributed by atoms with Crippen molar-refractivity contribution in [2.75, 3.05) is 26.3 Å². The maximum atomic E-state index is 12.9. The van der Waals surface area contributed by atoms with E-state index < -0.39 is 0 Å². The normalized spacial score (nSPS) is 25.6. The largest absolute Gasteiger partial charge is 0.477 e. The van der Waals surface area contributed by atoms with Crippen molar-refractivity contribution >= 4 is 5.91 Å². The molecule has 1 aliphatic heterocycles. The van der Waals surface area contributed by atoms with Crippen molar-refractivity contribution in [1.82, 2.24) is 9.88 Å². The zero-order chi connectivity index (χ0) is 18.0. The molecule has 3 heterocycles. The Morgan fingerprint density at radius 2 is 2.35 bits per heavy atom. The third-order valence-corrected chi connectivity index (χ3v) is 5.55. The van der Waals surface area contributed by atoms with Crippen molar-refractivity contribution < 1.29 is 18.7 Å². The third-order valence-electron chi connectivity index (χ3n) is 5.55. The molecule has 1 saturated carbocycles. The Balaban J connectivity index is 1.46. The lowest BCUT2D eigenvalue weighted by molar-refractivity contribution is -0.127. The van der Waals surface area contributed by atoms with Gasteiger partial charge >= 0.3 is 0 Å². The molecule has 2 aromatic rings. The lowest BCUT2D eigenvalue weighted by atomic mass is 9.89. The molecule has 6 heteroatoms. The van der Waals surface area contributed by atoms with Crippen LogP contribution < -0.4 is 4.74 Å². The number of rotatable bonds is 4. The van der Waals surface area contributed by atoms with Crippen LogP contribution in [0.3, 0.4) is 0 Å². The number of hydrogen-bond donors (Lipinski definition) is 0. The summed E-state index contributed by atoms with van der Waals surface area (Å²) in [6.07, 6.45) is 6.38. The van der Waals surface area contributed by atoms with E-state index in [2.05, 4.69) is 4.98 Å². The maximum Gasteiger partial charge on any atom is 0.257 e. The van der Waals surface area contributed by atoms with E-state index in [0.29, 0.717) is 43.5 Å². The van der Waals surface area contributed by atoms with Crippen molar-refractivity contribution in [2.24, 2.45) is 5.92 Å². The van der Waals surface area contributed by atoms with Gasteiger partial charge in [-0.1, -0.05) is 6.07 Å². The first-order chi connectivity index (χ1) is 12.7. The molecular weight excluding hydrogens is 332 g/mol. The van der Waals surface area contributed by atoms with Crippen molar-refractivity contribution in [3.63, 3.8) is 0 Å². The minimum atomic E-state index is -0.319. The average Bonchev–Trinajstić information content (AvgIpc) is 3.26. The number of pyridine rings is 1. The molecule has 2 aliphatic rings. The summed E-state index contributed by atoms with van der Waals surface area (Å²) in [7, 11) is 0. The van der Waals surface area contributed by atoms with Crippen LogP contribution in [0, 0.1) is 12.8 Å². The van der Waals surface area contributed by atoms with E-state index in [9.17, 15) is 4.79 Å². The smallest absolute Gasteiger partial charge is 0.257 e. The quantitative estimate of drug-likeness (QED) is 0.842. The highest BCUT2D eigenvalue weighted by Crippen LogP contribution is 2.41. The average molecular weight is 356 g/mol. The van der Waals surface area contributed by atoms with Gasteiger partial charge in [-0.2, -0.15) is 0 Å². The number of aromatic nitrogens is 1. The molecule has 0 bridgehead atoms. The molecule has 1 aliphatic carbocycles. The summed E-state index contributed by atoms with van der Waals surface area (Å²) in [6, 6.07) is 7.39. The second-order valence-corrected chi connectivity index (χ2v) is 7.10. The van der Waals surface area contributed by atoms with E-state index in [-0.39, 0.29) is 17.4 Å². The Morgan fingerprint density at radius 1 is 1.42 bits per heavy atom. The first-order valence-electron chi connectivity index (χ1n) is 9.19. The van der Waals surface area contributed by atoms with Crippen LogP contribution in [0.2, 0.25) is 0 Å². The van der Waals surface area contributed by atoms with Crippen LogP contribution in [-0.4, -0.2) is 47.7 Å². The SMILES string of the molecule is Cc1occc1C(=O)N1CCO[C@]2(CCC[C@H]2COc2ccccn2)C1. The van der Waals surface area contributed by atoms with Gasteiger partial charge in [-0.3, -0.25) is 4.79 Å². The first kappa shape index (κ1) is 17.1. The second-order valence-electron chi connectivity index (χ2n) is 7.10. The molecule has 6 nitrogen and oxygen atoms in total. The van der Waals surface area contributed by atoms with Gasteiger partial charge in [-0.15, -0.1) is 0 Å². The van der Waals surface area contributed by atoms with Crippen molar-refractivity contribution in [3.05, 3.63) is 48.0 Å². The summed E-state index contributed by atoms with van der Waals surface area (Å²) in [5.74, 6) is 1.57. The van der Waals surface area contributed by atoms with Gasteiger partial charge in [0.1, 0.15) is 5.76 Å². The van der Waals surface area contributed by atoms with E-state index in [1.54, 1.807) is 18.5 Å². The molecule has 0 radical (unpaired) electrons. The summed E-state index contributed by atoms with van der Waals surface area (Å²) in [5.41, 5.74) is 0.321. The third kappa shape index (κ3) is 3.21. The molecule has 26 heavy (non-hydrogen) atoms. The van der Waals surface area contributed by atoms with E-state index in [4.69, 9.17) is 13.9 Å². The summed E-state index contributed by atoms with van der Waals surface area (Å²) < 4.78 is 17.4. The number of carbonyl (C=O) groups excluding carboxylic acids is 1. The van der Waals surface area contributed by atoms with Gasteiger partial charge in [0.15, 0.2) is 0 Å². The maximum absolute atomic E-state index is 12.9. The van der Waals surface area contributed by atoms with Crippen LogP contribution in [-0.2, 0) is 4.74 Å². The fourth-order valence-corrected chi connectivity index (χ4v) is 4.12. The molecule has 1 amide bonds.